The Morgan fingerprint density at radius 1 is 0.917 bits per heavy atom. The van der Waals surface area contributed by atoms with E-state index in [9.17, 15) is 0 Å². The Morgan fingerprint density at radius 3 is 2.53 bits per heavy atom. The van der Waals surface area contributed by atoms with Crippen molar-refractivity contribution in [1.29, 1.82) is 0 Å². The van der Waals surface area contributed by atoms with E-state index in [4.69, 9.17) is 10.5 Å². The average molecular weight is 482 g/mol. The number of nitrogen functional groups attached to an aromatic ring is 1. The zero-order valence-corrected chi connectivity index (χ0v) is 20.9. The third-order valence-electron chi connectivity index (χ3n) is 7.85. The van der Waals surface area contributed by atoms with Gasteiger partial charge in [-0.05, 0) is 68.0 Å². The second-order valence-corrected chi connectivity index (χ2v) is 10.4. The van der Waals surface area contributed by atoms with Gasteiger partial charge in [-0.2, -0.15) is 0 Å². The molecule has 1 saturated heterocycles. The fourth-order valence-electron chi connectivity index (χ4n) is 5.86. The minimum Gasteiger partial charge on any atom is -0.489 e. The second-order valence-electron chi connectivity index (χ2n) is 10.4. The summed E-state index contributed by atoms with van der Waals surface area (Å²) in [5.74, 6) is 2.14. The van der Waals surface area contributed by atoms with Crippen LogP contribution in [0, 0.1) is 5.92 Å². The zero-order valence-electron chi connectivity index (χ0n) is 20.9. The molecule has 6 heteroatoms. The van der Waals surface area contributed by atoms with E-state index >= 15 is 0 Å². The predicted molar refractivity (Wildman–Crippen MR) is 145 cm³/mol. The van der Waals surface area contributed by atoms with Crippen molar-refractivity contribution in [3.05, 3.63) is 72.7 Å². The van der Waals surface area contributed by atoms with Crippen molar-refractivity contribution >= 4 is 16.9 Å². The Labute approximate surface area is 213 Å². The molecule has 2 fully saturated rings. The van der Waals surface area contributed by atoms with Crippen LogP contribution in [-0.2, 0) is 6.61 Å². The van der Waals surface area contributed by atoms with Crippen molar-refractivity contribution in [3.8, 4) is 16.9 Å². The molecule has 6 nitrogen and oxygen atoms in total. The summed E-state index contributed by atoms with van der Waals surface area (Å²) < 4.78 is 8.45. The van der Waals surface area contributed by atoms with Crippen molar-refractivity contribution in [2.24, 2.45) is 5.92 Å². The Balaban J connectivity index is 1.22. The molecule has 186 valence electrons. The van der Waals surface area contributed by atoms with E-state index in [0.29, 0.717) is 18.5 Å². The molecule has 0 bridgehead atoms. The Bertz CT molecular complexity index is 1300. The van der Waals surface area contributed by atoms with Crippen LogP contribution >= 0.6 is 0 Å². The molecule has 2 N–H and O–H groups in total. The minimum atomic E-state index is 0.463. The number of nitrogens with zero attached hydrogens (tertiary/aromatic N) is 4. The van der Waals surface area contributed by atoms with Gasteiger partial charge in [-0.3, -0.25) is 0 Å². The highest BCUT2D eigenvalue weighted by Crippen LogP contribution is 2.43. The number of nitrogens with two attached hydrogens (primary N) is 1. The molecule has 0 amide bonds. The van der Waals surface area contributed by atoms with Crippen molar-refractivity contribution in [1.82, 2.24) is 19.4 Å². The van der Waals surface area contributed by atoms with Crippen LogP contribution in [0.3, 0.4) is 0 Å². The molecule has 36 heavy (non-hydrogen) atoms. The van der Waals surface area contributed by atoms with Crippen LogP contribution in [-0.4, -0.2) is 39.1 Å². The lowest BCUT2D eigenvalue weighted by Gasteiger charge is -2.39. The number of anilines is 1. The summed E-state index contributed by atoms with van der Waals surface area (Å²) in [4.78, 5) is 11.7. The van der Waals surface area contributed by atoms with Crippen LogP contribution in [0.15, 0.2) is 67.1 Å². The summed E-state index contributed by atoms with van der Waals surface area (Å²) >= 11 is 0. The number of fused-ring (bicyclic) bond motifs is 1. The predicted octanol–water partition coefficient (Wildman–Crippen LogP) is 6.09. The molecule has 2 aromatic carbocycles. The van der Waals surface area contributed by atoms with Gasteiger partial charge in [0.1, 0.15) is 30.1 Å². The first-order valence-electron chi connectivity index (χ1n) is 13.3. The Morgan fingerprint density at radius 2 is 1.72 bits per heavy atom. The van der Waals surface area contributed by atoms with Crippen LogP contribution in [0.4, 0.5) is 5.82 Å². The maximum Gasteiger partial charge on any atom is 0.146 e. The second kappa shape index (κ2) is 10.3. The van der Waals surface area contributed by atoms with Crippen LogP contribution in [0.1, 0.15) is 50.1 Å². The van der Waals surface area contributed by atoms with E-state index in [0.717, 1.165) is 39.4 Å². The molecule has 4 aromatic rings. The van der Waals surface area contributed by atoms with Gasteiger partial charge in [0.25, 0.3) is 0 Å². The van der Waals surface area contributed by atoms with Crippen LogP contribution in [0.25, 0.3) is 22.2 Å². The lowest BCUT2D eigenvalue weighted by molar-refractivity contribution is 0.133. The Hall–Kier alpha value is -3.38. The van der Waals surface area contributed by atoms with E-state index in [1.165, 1.54) is 58.2 Å². The van der Waals surface area contributed by atoms with Crippen molar-refractivity contribution < 1.29 is 4.74 Å². The molecule has 6 rings (SSSR count). The molecule has 0 spiro atoms. The van der Waals surface area contributed by atoms with Crippen LogP contribution in [0.5, 0.6) is 5.75 Å². The molecule has 1 aliphatic heterocycles. The number of hydrogen-bond acceptors (Lipinski definition) is 5. The lowest BCUT2D eigenvalue weighted by atomic mass is 9.79. The first-order valence-corrected chi connectivity index (χ1v) is 13.3. The third-order valence-corrected chi connectivity index (χ3v) is 7.85. The summed E-state index contributed by atoms with van der Waals surface area (Å²) in [7, 11) is 0. The van der Waals surface area contributed by atoms with Gasteiger partial charge in [-0.15, -0.1) is 0 Å². The quantitative estimate of drug-likeness (QED) is 0.346. The number of likely N-dealkylation sites (tertiary alicyclic amines) is 1. The van der Waals surface area contributed by atoms with Gasteiger partial charge in [0.2, 0.25) is 0 Å². The van der Waals surface area contributed by atoms with Gasteiger partial charge in [0, 0.05) is 24.3 Å². The normalized spacial score (nSPS) is 20.7. The van der Waals surface area contributed by atoms with Crippen molar-refractivity contribution in [2.75, 3.05) is 25.4 Å². The largest absolute Gasteiger partial charge is 0.489 e. The summed E-state index contributed by atoms with van der Waals surface area (Å²) in [5, 5.41) is 0.939. The van der Waals surface area contributed by atoms with Gasteiger partial charge < -0.3 is 19.9 Å². The number of aromatic nitrogens is 3. The molecular formula is C30H35N5O. The molecule has 3 heterocycles. The van der Waals surface area contributed by atoms with E-state index in [1.807, 2.05) is 30.3 Å². The lowest BCUT2D eigenvalue weighted by Crippen LogP contribution is -2.37. The number of benzene rings is 2. The van der Waals surface area contributed by atoms with Crippen LogP contribution in [0.2, 0.25) is 0 Å². The molecule has 2 aromatic heterocycles. The highest BCUT2D eigenvalue weighted by molar-refractivity contribution is 6.00. The molecule has 0 radical (unpaired) electrons. The third kappa shape index (κ3) is 4.82. The molecule has 2 aliphatic rings. The molecule has 0 atom stereocenters. The van der Waals surface area contributed by atoms with Gasteiger partial charge in [0.05, 0.1) is 5.39 Å². The number of hydrogen-bond donors (Lipinski definition) is 1. The summed E-state index contributed by atoms with van der Waals surface area (Å²) in [6.07, 6.45) is 11.7. The van der Waals surface area contributed by atoms with E-state index in [2.05, 4.69) is 49.9 Å². The molecule has 1 aliphatic carbocycles. The SMILES string of the molecule is Nc1ncnc2c1c(-c1cccc(OCc3ccccc3)c1)cn2C1CC(CN2CCCCCC2)C1. The van der Waals surface area contributed by atoms with E-state index < -0.39 is 0 Å². The standard InChI is InChI=1S/C30H35N5O/c31-29-28-27(24-11-8-12-26(17-24)36-20-22-9-4-3-5-10-22)19-35(30(28)33-21-32-29)25-15-23(16-25)18-34-13-6-1-2-7-14-34/h3-5,8-12,17,19,21,23,25H,1-2,6-7,13-16,18,20H2,(H2,31,32,33). The first-order chi connectivity index (χ1) is 17.7. The molecule has 1 saturated carbocycles. The summed E-state index contributed by atoms with van der Waals surface area (Å²) in [6, 6.07) is 19.0. The van der Waals surface area contributed by atoms with Crippen LogP contribution < -0.4 is 10.5 Å². The van der Waals surface area contributed by atoms with Gasteiger partial charge in [0.15, 0.2) is 0 Å². The highest BCUT2D eigenvalue weighted by Gasteiger charge is 2.33. The van der Waals surface area contributed by atoms with Gasteiger partial charge in [-0.25, -0.2) is 9.97 Å². The topological polar surface area (TPSA) is 69.2 Å². The zero-order chi connectivity index (χ0) is 24.3. The fourth-order valence-corrected chi connectivity index (χ4v) is 5.86. The average Bonchev–Trinajstić information content (AvgIpc) is 3.08. The monoisotopic (exact) mass is 481 g/mol. The maximum atomic E-state index is 6.40. The van der Waals surface area contributed by atoms with E-state index in [-0.39, 0.29) is 0 Å². The van der Waals surface area contributed by atoms with Gasteiger partial charge >= 0.3 is 0 Å². The number of rotatable bonds is 7. The van der Waals surface area contributed by atoms with Crippen molar-refractivity contribution in [3.63, 3.8) is 0 Å². The molecule has 0 unspecified atom stereocenters. The minimum absolute atomic E-state index is 0.463. The number of ether oxygens (including phenoxy) is 1. The summed E-state index contributed by atoms with van der Waals surface area (Å²) in [6.45, 7) is 4.31. The summed E-state index contributed by atoms with van der Waals surface area (Å²) in [5.41, 5.74) is 10.6. The van der Waals surface area contributed by atoms with Gasteiger partial charge in [-0.1, -0.05) is 55.3 Å². The fraction of sp³-hybridized carbons (Fsp3) is 0.400. The van der Waals surface area contributed by atoms with E-state index in [1.54, 1.807) is 6.33 Å². The maximum absolute atomic E-state index is 6.40. The first kappa shape index (κ1) is 23.0. The van der Waals surface area contributed by atoms with Crippen molar-refractivity contribution in [2.45, 2.75) is 51.2 Å². The smallest absolute Gasteiger partial charge is 0.146 e. The highest BCUT2D eigenvalue weighted by atomic mass is 16.5. The molecular weight excluding hydrogens is 446 g/mol. The Kier molecular flexibility index (Phi) is 6.60.